The highest BCUT2D eigenvalue weighted by Gasteiger charge is 1.81. The molecule has 0 rings (SSSR count). The molecule has 0 aliphatic carbocycles. The van der Waals surface area contributed by atoms with E-state index in [-0.39, 0.29) is 0 Å². The summed E-state index contributed by atoms with van der Waals surface area (Å²) in [6.07, 6.45) is 1.87. The predicted octanol–water partition coefficient (Wildman–Crippen LogP) is 0.0340. The summed E-state index contributed by atoms with van der Waals surface area (Å²) in [4.78, 5) is 9.88. The number of hydrogen-bond donors (Lipinski definition) is 0. The molecule has 0 saturated carbocycles. The summed E-state index contributed by atoms with van der Waals surface area (Å²) in [5, 5.41) is 7.76. The molecule has 0 aliphatic heterocycles. The van der Waals surface area contributed by atoms with E-state index in [1.165, 1.54) is 13.0 Å². The molecule has 40 valence electrons. The number of nitrogens with zero attached hydrogens (tertiary/aromatic N) is 1. The quantitative estimate of drug-likeness (QED) is 0.326. The maximum atomic E-state index is 9.88. The van der Waals surface area contributed by atoms with Crippen molar-refractivity contribution in [1.29, 1.82) is 5.26 Å². The van der Waals surface area contributed by atoms with Crippen LogP contribution in [0.4, 0.5) is 0 Å². The molecule has 0 fully saturated rings. The second kappa shape index (κ2) is 3.70. The molecule has 0 amide bonds. The van der Waals surface area contributed by atoms with Crippen molar-refractivity contribution in [2.24, 2.45) is 0 Å². The summed E-state index contributed by atoms with van der Waals surface area (Å²) in [6, 6.07) is 1.48. The SMILES string of the molecule is CC(=O)OC#CC#N. The van der Waals surface area contributed by atoms with Crippen LogP contribution in [0.5, 0.6) is 0 Å². The summed E-state index contributed by atoms with van der Waals surface area (Å²) in [5.74, 6) is 1.39. The van der Waals surface area contributed by atoms with E-state index in [0.29, 0.717) is 0 Å². The van der Waals surface area contributed by atoms with Gasteiger partial charge in [-0.1, -0.05) is 0 Å². The Morgan fingerprint density at radius 1 is 1.75 bits per heavy atom. The molecule has 3 nitrogen and oxygen atoms in total. The molecule has 0 aromatic heterocycles. The van der Waals surface area contributed by atoms with E-state index in [2.05, 4.69) is 4.74 Å². The molecule has 0 aromatic carbocycles. The molecule has 0 aliphatic rings. The lowest BCUT2D eigenvalue weighted by molar-refractivity contribution is -0.134. The molecule has 0 heterocycles. The molecule has 0 spiro atoms. The lowest BCUT2D eigenvalue weighted by Crippen LogP contribution is -1.89. The van der Waals surface area contributed by atoms with Gasteiger partial charge in [-0.2, -0.15) is 5.26 Å². The number of rotatable bonds is 0. The molecule has 0 bridgehead atoms. The van der Waals surface area contributed by atoms with Crippen LogP contribution in [0.15, 0.2) is 0 Å². The van der Waals surface area contributed by atoms with E-state index in [1.807, 2.05) is 12.0 Å². The van der Waals surface area contributed by atoms with Crippen molar-refractivity contribution >= 4 is 5.97 Å². The Bertz CT molecular complexity index is 179. The van der Waals surface area contributed by atoms with Crippen LogP contribution in [0.2, 0.25) is 0 Å². The number of esters is 1. The standard InChI is InChI=1S/C5H3NO2/c1-5(7)8-4-2-3-6/h1H3. The summed E-state index contributed by atoms with van der Waals surface area (Å²) in [6.45, 7) is 1.21. The average Bonchev–Trinajstić information content (AvgIpc) is 1.66. The largest absolute Gasteiger partial charge is 0.371 e. The highest BCUT2D eigenvalue weighted by Crippen LogP contribution is 1.67. The van der Waals surface area contributed by atoms with Gasteiger partial charge in [-0.25, -0.2) is 0 Å². The van der Waals surface area contributed by atoms with E-state index in [9.17, 15) is 4.79 Å². The van der Waals surface area contributed by atoms with Crippen molar-refractivity contribution < 1.29 is 9.53 Å². The second-order valence-corrected chi connectivity index (χ2v) is 0.933. The van der Waals surface area contributed by atoms with Crippen LogP contribution >= 0.6 is 0 Å². The fourth-order valence-electron chi connectivity index (χ4n) is 0.120. The molecule has 3 heteroatoms. The Hall–Kier alpha value is -1.48. The number of hydrogen-bond acceptors (Lipinski definition) is 3. The van der Waals surface area contributed by atoms with E-state index in [1.54, 1.807) is 0 Å². The zero-order valence-corrected chi connectivity index (χ0v) is 4.26. The summed E-state index contributed by atoms with van der Waals surface area (Å²) >= 11 is 0. The predicted molar refractivity (Wildman–Crippen MR) is 25.2 cm³/mol. The van der Waals surface area contributed by atoms with Gasteiger partial charge in [0.2, 0.25) is 0 Å². The van der Waals surface area contributed by atoms with Gasteiger partial charge in [-0.15, -0.1) is 0 Å². The molecule has 0 N–H and O–H groups in total. The van der Waals surface area contributed by atoms with Crippen molar-refractivity contribution in [3.63, 3.8) is 0 Å². The van der Waals surface area contributed by atoms with Crippen LogP contribution in [-0.4, -0.2) is 5.97 Å². The van der Waals surface area contributed by atoms with E-state index < -0.39 is 5.97 Å². The van der Waals surface area contributed by atoms with Crippen LogP contribution in [0.25, 0.3) is 0 Å². The van der Waals surface area contributed by atoms with Crippen molar-refractivity contribution in [1.82, 2.24) is 0 Å². The van der Waals surface area contributed by atoms with Gasteiger partial charge in [-0.05, 0) is 0 Å². The molecule has 8 heavy (non-hydrogen) atoms. The molecular formula is C5H3NO2. The second-order valence-electron chi connectivity index (χ2n) is 0.933. The first-order valence-corrected chi connectivity index (χ1v) is 1.84. The molecule has 0 saturated heterocycles. The van der Waals surface area contributed by atoms with Crippen LogP contribution < -0.4 is 0 Å². The number of ether oxygens (including phenoxy) is 1. The highest BCUT2D eigenvalue weighted by atomic mass is 16.5. The third-order valence-corrected chi connectivity index (χ3v) is 0.302. The van der Waals surface area contributed by atoms with Crippen LogP contribution in [0, 0.1) is 23.4 Å². The summed E-state index contributed by atoms with van der Waals surface area (Å²) < 4.78 is 4.06. The Kier molecular flexibility index (Phi) is 3.02. The maximum absolute atomic E-state index is 9.88. The van der Waals surface area contributed by atoms with E-state index >= 15 is 0 Å². The van der Waals surface area contributed by atoms with Crippen LogP contribution in [0.3, 0.4) is 0 Å². The Labute approximate surface area is 46.9 Å². The highest BCUT2D eigenvalue weighted by molar-refractivity contribution is 5.67. The molecule has 0 atom stereocenters. The van der Waals surface area contributed by atoms with Crippen molar-refractivity contribution in [3.05, 3.63) is 0 Å². The molecule has 0 unspecified atom stereocenters. The van der Waals surface area contributed by atoms with Gasteiger partial charge >= 0.3 is 5.97 Å². The van der Waals surface area contributed by atoms with Gasteiger partial charge in [0.15, 0.2) is 6.07 Å². The summed E-state index contributed by atoms with van der Waals surface area (Å²) in [7, 11) is 0. The number of carbonyl (C=O) groups excluding carboxylic acids is 1. The third kappa shape index (κ3) is 4.52. The lowest BCUT2D eigenvalue weighted by Gasteiger charge is -1.79. The Morgan fingerprint density at radius 3 is 2.75 bits per heavy atom. The van der Waals surface area contributed by atoms with Gasteiger partial charge in [0.25, 0.3) is 0 Å². The van der Waals surface area contributed by atoms with Crippen LogP contribution in [-0.2, 0) is 9.53 Å². The van der Waals surface area contributed by atoms with Crippen molar-refractivity contribution in [2.45, 2.75) is 6.92 Å². The fourth-order valence-corrected chi connectivity index (χ4v) is 0.120. The third-order valence-electron chi connectivity index (χ3n) is 0.302. The first-order chi connectivity index (χ1) is 3.77. The molecule has 0 radical (unpaired) electrons. The first-order valence-electron chi connectivity index (χ1n) is 1.84. The van der Waals surface area contributed by atoms with Gasteiger partial charge in [0, 0.05) is 6.92 Å². The smallest absolute Gasteiger partial charge is 0.316 e. The minimum absolute atomic E-state index is 0.507. The molecular weight excluding hydrogens is 106 g/mol. The van der Waals surface area contributed by atoms with E-state index in [4.69, 9.17) is 5.26 Å². The van der Waals surface area contributed by atoms with E-state index in [0.717, 1.165) is 0 Å². The van der Waals surface area contributed by atoms with Gasteiger partial charge in [-0.3, -0.25) is 4.79 Å². The normalized spacial score (nSPS) is 5.50. The number of carbonyl (C=O) groups is 1. The van der Waals surface area contributed by atoms with Crippen molar-refractivity contribution in [2.75, 3.05) is 0 Å². The lowest BCUT2D eigenvalue weighted by atomic mass is 10.8. The van der Waals surface area contributed by atoms with Gasteiger partial charge in [0.1, 0.15) is 6.11 Å². The zero-order chi connectivity index (χ0) is 6.41. The maximum Gasteiger partial charge on any atom is 0.316 e. The van der Waals surface area contributed by atoms with Crippen LogP contribution in [0.1, 0.15) is 6.92 Å². The Balaban J connectivity index is 3.48. The van der Waals surface area contributed by atoms with Crippen molar-refractivity contribution in [3.8, 4) is 18.1 Å². The fraction of sp³-hybridized carbons (Fsp3) is 0.200. The minimum atomic E-state index is -0.507. The first kappa shape index (κ1) is 6.52. The van der Waals surface area contributed by atoms with Gasteiger partial charge < -0.3 is 4.74 Å². The average molecular weight is 109 g/mol. The Morgan fingerprint density at radius 2 is 2.38 bits per heavy atom. The monoisotopic (exact) mass is 109 g/mol. The topological polar surface area (TPSA) is 50.1 Å². The minimum Gasteiger partial charge on any atom is -0.371 e. The molecule has 0 aromatic rings. The summed E-state index contributed by atoms with van der Waals surface area (Å²) in [5.41, 5.74) is 0. The zero-order valence-electron chi connectivity index (χ0n) is 4.26. The number of nitriles is 1. The van der Waals surface area contributed by atoms with Gasteiger partial charge in [0.05, 0.1) is 5.92 Å².